The number of halogens is 1. The molecule has 0 saturated heterocycles. The Morgan fingerprint density at radius 3 is 2.74 bits per heavy atom. The molecular weight excluding hydrogens is 323 g/mol. The number of ether oxygens (including phenoxy) is 2. The Labute approximate surface area is 134 Å². The number of aliphatic imine (C=N–C) groups is 1. The van der Waals surface area contributed by atoms with E-state index in [-0.39, 0.29) is 22.4 Å². The van der Waals surface area contributed by atoms with E-state index in [4.69, 9.17) is 9.47 Å². The van der Waals surface area contributed by atoms with Crippen LogP contribution in [0.4, 0.5) is 4.39 Å². The second kappa shape index (κ2) is 6.79. The maximum Gasteiger partial charge on any atom is 0.393 e. The summed E-state index contributed by atoms with van der Waals surface area (Å²) in [5.41, 5.74) is 0. The molecule has 0 amide bonds. The lowest BCUT2D eigenvalue weighted by molar-refractivity contribution is 0.226. The van der Waals surface area contributed by atoms with E-state index < -0.39 is 15.7 Å². The van der Waals surface area contributed by atoms with E-state index in [9.17, 15) is 12.8 Å². The van der Waals surface area contributed by atoms with Gasteiger partial charge in [0.05, 0.1) is 12.0 Å². The Hall–Kier alpha value is -2.40. The van der Waals surface area contributed by atoms with Crippen molar-refractivity contribution in [2.45, 2.75) is 18.2 Å². The van der Waals surface area contributed by atoms with Gasteiger partial charge in [0.15, 0.2) is 27.5 Å². The van der Waals surface area contributed by atoms with Crippen LogP contribution in [0.3, 0.4) is 0 Å². The van der Waals surface area contributed by atoms with E-state index in [1.165, 1.54) is 25.6 Å². The van der Waals surface area contributed by atoms with E-state index in [1.807, 2.05) is 6.92 Å². The first-order valence-corrected chi connectivity index (χ1v) is 8.69. The highest BCUT2D eigenvalue weighted by Gasteiger charge is 2.27. The van der Waals surface area contributed by atoms with Gasteiger partial charge < -0.3 is 9.47 Å². The van der Waals surface area contributed by atoms with Crippen molar-refractivity contribution in [3.05, 3.63) is 40.5 Å². The van der Waals surface area contributed by atoms with Crippen molar-refractivity contribution in [3.8, 4) is 11.8 Å². The van der Waals surface area contributed by atoms with Gasteiger partial charge in [-0.15, -0.1) is 0 Å². The lowest BCUT2D eigenvalue weighted by Gasteiger charge is -2.11. The van der Waals surface area contributed by atoms with Crippen molar-refractivity contribution in [2.24, 2.45) is 10.9 Å². The van der Waals surface area contributed by atoms with Crippen LogP contribution in [0.15, 0.2) is 39.7 Å². The van der Waals surface area contributed by atoms with Crippen LogP contribution in [0, 0.1) is 17.8 Å². The van der Waals surface area contributed by atoms with Crippen LogP contribution in [0.2, 0.25) is 0 Å². The van der Waals surface area contributed by atoms with Gasteiger partial charge in [-0.25, -0.2) is 12.8 Å². The molecule has 2 rings (SSSR count). The van der Waals surface area contributed by atoms with Crippen molar-refractivity contribution in [3.63, 3.8) is 0 Å². The quantitative estimate of drug-likeness (QED) is 0.827. The van der Waals surface area contributed by atoms with Gasteiger partial charge in [0.2, 0.25) is 5.76 Å². The fraction of sp³-hybridized carbons (Fsp3) is 0.333. The molecule has 0 radical (unpaired) electrons. The lowest BCUT2D eigenvalue weighted by atomic mass is 10.1. The van der Waals surface area contributed by atoms with E-state index in [1.54, 1.807) is 0 Å². The molecule has 6 nitrogen and oxygen atoms in total. The summed E-state index contributed by atoms with van der Waals surface area (Å²) in [6.07, 6.45) is 2.88. The highest BCUT2D eigenvalue weighted by Crippen LogP contribution is 2.27. The first-order valence-electron chi connectivity index (χ1n) is 6.80. The third-order valence-electron chi connectivity index (χ3n) is 3.16. The predicted octanol–water partition coefficient (Wildman–Crippen LogP) is 2.82. The number of sulfone groups is 1. The Balaban J connectivity index is 2.39. The fourth-order valence-electron chi connectivity index (χ4n) is 1.96. The number of methoxy groups -OCH3 is 1. The van der Waals surface area contributed by atoms with Crippen molar-refractivity contribution in [1.29, 1.82) is 0 Å². The number of nitrogens with zero attached hydrogens (tertiary/aromatic N) is 2. The van der Waals surface area contributed by atoms with Gasteiger partial charge in [-0.3, -0.25) is 0 Å². The smallest absolute Gasteiger partial charge is 0.393 e. The zero-order valence-corrected chi connectivity index (χ0v) is 13.7. The molecule has 1 unspecified atom stereocenters. The molecule has 0 aliphatic carbocycles. The second-order valence-corrected chi connectivity index (χ2v) is 6.82. The van der Waals surface area contributed by atoms with Gasteiger partial charge in [-0.1, -0.05) is 6.92 Å². The fourth-order valence-corrected chi connectivity index (χ4v) is 2.59. The highest BCUT2D eigenvalue weighted by molar-refractivity contribution is 7.90. The average molecular weight is 339 g/mol. The molecule has 1 aliphatic heterocycles. The first-order chi connectivity index (χ1) is 10.9. The van der Waals surface area contributed by atoms with Crippen LogP contribution >= 0.6 is 0 Å². The molecule has 1 atom stereocenters. The van der Waals surface area contributed by atoms with Crippen molar-refractivity contribution in [2.75, 3.05) is 13.4 Å². The minimum Gasteiger partial charge on any atom is -0.492 e. The molecule has 0 saturated carbocycles. The normalized spacial score (nSPS) is 17.3. The Morgan fingerprint density at radius 2 is 2.17 bits per heavy atom. The SMILES string of the molecule is CCC1C#[N+]C=NC(Oc2ccc(S(C)(=O)=O)cc2F)=C1OC. The summed E-state index contributed by atoms with van der Waals surface area (Å²) < 4.78 is 47.7. The number of allylic oxidation sites excluding steroid dienone is 1. The van der Waals surface area contributed by atoms with Gasteiger partial charge in [-0.05, 0) is 24.6 Å². The maximum atomic E-state index is 14.1. The van der Waals surface area contributed by atoms with Crippen molar-refractivity contribution in [1.82, 2.24) is 0 Å². The van der Waals surface area contributed by atoms with Gasteiger partial charge >= 0.3 is 12.2 Å². The van der Waals surface area contributed by atoms with Crippen LogP contribution in [-0.4, -0.2) is 28.1 Å². The first kappa shape index (κ1) is 17.0. The topological polar surface area (TPSA) is 69.3 Å². The van der Waals surface area contributed by atoms with Gasteiger partial charge in [0.1, 0.15) is 5.92 Å². The zero-order valence-electron chi connectivity index (χ0n) is 12.9. The van der Waals surface area contributed by atoms with Gasteiger partial charge in [-0.2, -0.15) is 4.85 Å². The van der Waals surface area contributed by atoms with E-state index >= 15 is 0 Å². The number of hydrogen-bond donors (Lipinski definition) is 0. The molecule has 0 N–H and O–H groups in total. The molecule has 122 valence electrons. The van der Waals surface area contributed by atoms with Crippen molar-refractivity contribution >= 4 is 16.2 Å². The van der Waals surface area contributed by atoms with Gasteiger partial charge in [0, 0.05) is 11.2 Å². The van der Waals surface area contributed by atoms with Crippen molar-refractivity contribution < 1.29 is 22.3 Å². The zero-order chi connectivity index (χ0) is 17.0. The van der Waals surface area contributed by atoms with E-state index in [0.717, 1.165) is 12.3 Å². The van der Waals surface area contributed by atoms with E-state index in [2.05, 4.69) is 15.9 Å². The Morgan fingerprint density at radius 1 is 1.43 bits per heavy atom. The van der Waals surface area contributed by atoms with Gasteiger partial charge in [0.25, 0.3) is 0 Å². The van der Waals surface area contributed by atoms with Crippen LogP contribution in [-0.2, 0) is 14.6 Å². The molecule has 8 heteroatoms. The maximum absolute atomic E-state index is 14.1. The molecule has 0 spiro atoms. The number of benzene rings is 1. The van der Waals surface area contributed by atoms with Crippen LogP contribution in [0.25, 0.3) is 4.85 Å². The summed E-state index contributed by atoms with van der Waals surface area (Å²) in [5.74, 6) is -0.810. The molecule has 1 aromatic rings. The summed E-state index contributed by atoms with van der Waals surface area (Å²) in [7, 11) is -2.04. The third kappa shape index (κ3) is 3.87. The summed E-state index contributed by atoms with van der Waals surface area (Å²) in [4.78, 5) is 7.71. The minimum absolute atomic E-state index is 0.0547. The lowest BCUT2D eigenvalue weighted by Crippen LogP contribution is -2.09. The summed E-state index contributed by atoms with van der Waals surface area (Å²) in [6.45, 7) is 1.91. The number of hydrogen-bond acceptors (Lipinski definition) is 5. The summed E-state index contributed by atoms with van der Waals surface area (Å²) in [6, 6.07) is 6.23. The van der Waals surface area contributed by atoms with E-state index in [0.29, 0.717) is 12.2 Å². The van der Waals surface area contributed by atoms with Crippen LogP contribution in [0.1, 0.15) is 13.3 Å². The highest BCUT2D eigenvalue weighted by atomic mass is 32.2. The largest absolute Gasteiger partial charge is 0.492 e. The third-order valence-corrected chi connectivity index (χ3v) is 4.27. The Bertz CT molecular complexity index is 835. The molecule has 0 fully saturated rings. The molecule has 1 aliphatic rings. The predicted molar refractivity (Wildman–Crippen MR) is 83.7 cm³/mol. The summed E-state index contributed by atoms with van der Waals surface area (Å²) >= 11 is 0. The number of rotatable bonds is 5. The monoisotopic (exact) mass is 339 g/mol. The molecule has 1 heterocycles. The molecular formula is C15H16FN2O4S+. The summed E-state index contributed by atoms with van der Waals surface area (Å²) in [5, 5.41) is 0. The molecule has 0 bridgehead atoms. The minimum atomic E-state index is -3.50. The molecule has 1 aromatic carbocycles. The Kier molecular flexibility index (Phi) is 5.01. The van der Waals surface area contributed by atoms with Crippen LogP contribution < -0.4 is 4.74 Å². The average Bonchev–Trinajstić information content (AvgIpc) is 2.69. The molecule has 23 heavy (non-hydrogen) atoms. The standard InChI is InChI=1S/C15H16FN2O4S/c1-4-10-8-17-9-18-15(14(10)21-2)22-13-6-5-11(7-12(13)16)23(3,19)20/h5-7,9-10H,4H2,1-3H3/q+1. The van der Waals surface area contributed by atoms with Crippen LogP contribution in [0.5, 0.6) is 5.75 Å². The second-order valence-electron chi connectivity index (χ2n) is 4.80. The molecule has 0 aromatic heterocycles.